The number of ether oxygens (including phenoxy) is 2. The zero-order valence-corrected chi connectivity index (χ0v) is 17.6. The van der Waals surface area contributed by atoms with E-state index in [2.05, 4.69) is 24.7 Å². The Kier molecular flexibility index (Phi) is 7.65. The summed E-state index contributed by atoms with van der Waals surface area (Å²) in [5.41, 5.74) is 7.30. The van der Waals surface area contributed by atoms with E-state index in [1.54, 1.807) is 36.4 Å². The van der Waals surface area contributed by atoms with E-state index in [0.29, 0.717) is 29.6 Å². The highest BCUT2D eigenvalue weighted by Crippen LogP contribution is 2.22. The van der Waals surface area contributed by atoms with Gasteiger partial charge in [-0.05, 0) is 53.4 Å². The van der Waals surface area contributed by atoms with Crippen LogP contribution in [0.5, 0.6) is 11.5 Å². The number of rotatable bonds is 8. The van der Waals surface area contributed by atoms with E-state index in [1.807, 2.05) is 42.5 Å². The van der Waals surface area contributed by atoms with Crippen LogP contribution in [-0.2, 0) is 4.79 Å². The molecular formula is C25H26N2O4. The van der Waals surface area contributed by atoms with Gasteiger partial charge in [0.15, 0.2) is 6.61 Å². The second-order valence-electron chi connectivity index (χ2n) is 7.41. The van der Waals surface area contributed by atoms with Crippen LogP contribution in [0, 0.1) is 5.92 Å². The van der Waals surface area contributed by atoms with E-state index in [1.165, 1.54) is 0 Å². The van der Waals surface area contributed by atoms with E-state index in [9.17, 15) is 9.59 Å². The van der Waals surface area contributed by atoms with Crippen LogP contribution in [0.4, 0.5) is 0 Å². The Morgan fingerprint density at radius 2 is 1.32 bits per heavy atom. The molecule has 0 radical (unpaired) electrons. The third kappa shape index (κ3) is 6.89. The maximum absolute atomic E-state index is 12.2. The van der Waals surface area contributed by atoms with Gasteiger partial charge in [-0.1, -0.05) is 56.3 Å². The predicted molar refractivity (Wildman–Crippen MR) is 120 cm³/mol. The predicted octanol–water partition coefficient (Wildman–Crippen LogP) is 4.23. The molecule has 6 heteroatoms. The summed E-state index contributed by atoms with van der Waals surface area (Å²) in [5, 5.41) is 0. The first-order chi connectivity index (χ1) is 15.0. The molecule has 0 heterocycles. The number of hydrogen-bond acceptors (Lipinski definition) is 4. The number of amides is 2. The zero-order valence-electron chi connectivity index (χ0n) is 17.6. The molecule has 3 aromatic carbocycles. The maximum atomic E-state index is 12.2. The van der Waals surface area contributed by atoms with Crippen molar-refractivity contribution in [3.8, 4) is 22.6 Å². The number of carbonyl (C=O) groups excluding carboxylic acids is 2. The second-order valence-corrected chi connectivity index (χ2v) is 7.41. The van der Waals surface area contributed by atoms with Crippen LogP contribution in [0.3, 0.4) is 0 Å². The normalized spacial score (nSPS) is 10.4. The van der Waals surface area contributed by atoms with Gasteiger partial charge in [0.05, 0.1) is 6.61 Å². The van der Waals surface area contributed by atoms with Gasteiger partial charge in [0.1, 0.15) is 11.5 Å². The van der Waals surface area contributed by atoms with Gasteiger partial charge in [-0.2, -0.15) is 0 Å². The first-order valence-electron chi connectivity index (χ1n) is 10.1. The van der Waals surface area contributed by atoms with Gasteiger partial charge in [0.25, 0.3) is 11.8 Å². The number of hydrazine groups is 1. The summed E-state index contributed by atoms with van der Waals surface area (Å²) < 4.78 is 11.1. The van der Waals surface area contributed by atoms with Crippen LogP contribution in [0.15, 0.2) is 78.9 Å². The molecule has 0 aliphatic carbocycles. The second kappa shape index (κ2) is 10.8. The van der Waals surface area contributed by atoms with Crippen molar-refractivity contribution >= 4 is 11.8 Å². The van der Waals surface area contributed by atoms with Gasteiger partial charge < -0.3 is 9.47 Å². The lowest BCUT2D eigenvalue weighted by molar-refractivity contribution is -0.123. The number of hydrogen-bond donors (Lipinski definition) is 2. The highest BCUT2D eigenvalue weighted by molar-refractivity contribution is 5.95. The zero-order chi connectivity index (χ0) is 22.1. The highest BCUT2D eigenvalue weighted by Gasteiger charge is 2.09. The summed E-state index contributed by atoms with van der Waals surface area (Å²) in [6.45, 7) is 4.52. The first-order valence-corrected chi connectivity index (χ1v) is 10.1. The summed E-state index contributed by atoms with van der Waals surface area (Å²) in [5.74, 6) is 0.801. The van der Waals surface area contributed by atoms with E-state index < -0.39 is 11.8 Å². The number of nitrogens with one attached hydrogen (secondary N) is 2. The standard InChI is InChI=1S/C25H26N2O4/c1-18(2)16-30-22-14-10-21(11-15-22)25(29)27-26-24(28)17-31-23-12-8-20(9-13-23)19-6-4-3-5-7-19/h3-15,18H,16-17H2,1-2H3,(H,26,28)(H,27,29). The lowest BCUT2D eigenvalue weighted by Gasteiger charge is -2.11. The fraction of sp³-hybridized carbons (Fsp3) is 0.200. The Morgan fingerprint density at radius 1 is 0.742 bits per heavy atom. The number of carbonyl (C=O) groups is 2. The van der Waals surface area contributed by atoms with E-state index >= 15 is 0 Å². The topological polar surface area (TPSA) is 76.7 Å². The van der Waals surface area contributed by atoms with Gasteiger partial charge in [0, 0.05) is 5.56 Å². The van der Waals surface area contributed by atoms with Crippen molar-refractivity contribution in [3.63, 3.8) is 0 Å². The van der Waals surface area contributed by atoms with Gasteiger partial charge in [-0.3, -0.25) is 20.4 Å². The SMILES string of the molecule is CC(C)COc1ccc(C(=O)NNC(=O)COc2ccc(-c3ccccc3)cc2)cc1. The molecule has 0 atom stereocenters. The van der Waals surface area contributed by atoms with Gasteiger partial charge in [-0.25, -0.2) is 0 Å². The Bertz CT molecular complexity index is 984. The molecule has 3 rings (SSSR count). The van der Waals surface area contributed by atoms with Crippen molar-refractivity contribution in [2.75, 3.05) is 13.2 Å². The molecule has 0 bridgehead atoms. The van der Waals surface area contributed by atoms with Crippen molar-refractivity contribution in [2.45, 2.75) is 13.8 Å². The molecule has 0 saturated heterocycles. The minimum atomic E-state index is -0.461. The largest absolute Gasteiger partial charge is 0.493 e. The van der Waals surface area contributed by atoms with Crippen molar-refractivity contribution in [3.05, 3.63) is 84.4 Å². The van der Waals surface area contributed by atoms with Crippen molar-refractivity contribution in [1.29, 1.82) is 0 Å². The smallest absolute Gasteiger partial charge is 0.276 e. The summed E-state index contributed by atoms with van der Waals surface area (Å²) in [6.07, 6.45) is 0. The summed E-state index contributed by atoms with van der Waals surface area (Å²) >= 11 is 0. The lowest BCUT2D eigenvalue weighted by Crippen LogP contribution is -2.43. The third-order valence-corrected chi connectivity index (χ3v) is 4.35. The van der Waals surface area contributed by atoms with Gasteiger partial charge in [-0.15, -0.1) is 0 Å². The molecule has 0 aliphatic rings. The van der Waals surface area contributed by atoms with Crippen LogP contribution in [0.1, 0.15) is 24.2 Å². The fourth-order valence-electron chi connectivity index (χ4n) is 2.72. The quantitative estimate of drug-likeness (QED) is 0.537. The van der Waals surface area contributed by atoms with Gasteiger partial charge >= 0.3 is 0 Å². The fourth-order valence-corrected chi connectivity index (χ4v) is 2.72. The summed E-state index contributed by atoms with van der Waals surface area (Å²) in [7, 11) is 0. The Balaban J connectivity index is 1.42. The van der Waals surface area contributed by atoms with E-state index in [4.69, 9.17) is 9.47 Å². The average molecular weight is 418 g/mol. The minimum Gasteiger partial charge on any atom is -0.493 e. The molecule has 0 spiro atoms. The summed E-state index contributed by atoms with van der Waals surface area (Å²) in [4.78, 5) is 24.1. The van der Waals surface area contributed by atoms with Crippen molar-refractivity contribution in [1.82, 2.24) is 10.9 Å². The Labute approximate surface area is 182 Å². The van der Waals surface area contributed by atoms with Crippen LogP contribution < -0.4 is 20.3 Å². The molecule has 0 fully saturated rings. The highest BCUT2D eigenvalue weighted by atomic mass is 16.5. The number of benzene rings is 3. The molecule has 160 valence electrons. The maximum Gasteiger partial charge on any atom is 0.276 e. The summed E-state index contributed by atoms with van der Waals surface area (Å²) in [6, 6.07) is 24.2. The van der Waals surface area contributed by atoms with Crippen LogP contribution in [0.25, 0.3) is 11.1 Å². The molecule has 31 heavy (non-hydrogen) atoms. The van der Waals surface area contributed by atoms with E-state index in [-0.39, 0.29) is 6.61 Å². The van der Waals surface area contributed by atoms with E-state index in [0.717, 1.165) is 11.1 Å². The molecular weight excluding hydrogens is 392 g/mol. The molecule has 0 saturated carbocycles. The lowest BCUT2D eigenvalue weighted by atomic mass is 10.1. The molecule has 2 amide bonds. The first kappa shape index (κ1) is 21.9. The molecule has 6 nitrogen and oxygen atoms in total. The molecule has 0 aliphatic heterocycles. The van der Waals surface area contributed by atoms with Crippen LogP contribution in [0.2, 0.25) is 0 Å². The molecule has 0 unspecified atom stereocenters. The van der Waals surface area contributed by atoms with Crippen LogP contribution >= 0.6 is 0 Å². The third-order valence-electron chi connectivity index (χ3n) is 4.35. The van der Waals surface area contributed by atoms with Crippen molar-refractivity contribution in [2.24, 2.45) is 5.92 Å². The minimum absolute atomic E-state index is 0.215. The Hall–Kier alpha value is -3.80. The molecule has 3 aromatic rings. The van der Waals surface area contributed by atoms with Crippen LogP contribution in [-0.4, -0.2) is 25.0 Å². The Morgan fingerprint density at radius 3 is 1.97 bits per heavy atom. The van der Waals surface area contributed by atoms with Crippen molar-refractivity contribution < 1.29 is 19.1 Å². The van der Waals surface area contributed by atoms with Gasteiger partial charge in [0.2, 0.25) is 0 Å². The molecule has 2 N–H and O–H groups in total. The molecule has 0 aromatic heterocycles. The monoisotopic (exact) mass is 418 g/mol. The average Bonchev–Trinajstić information content (AvgIpc) is 2.81.